The lowest BCUT2D eigenvalue weighted by Crippen LogP contribution is -2.44. The second-order valence-corrected chi connectivity index (χ2v) is 7.41. The number of carbonyl (C=O) groups is 2. The minimum atomic E-state index is -0.218. The van der Waals surface area contributed by atoms with E-state index in [0.717, 1.165) is 38.3 Å². The van der Waals surface area contributed by atoms with E-state index in [4.69, 9.17) is 4.74 Å². The molecule has 0 bridgehead atoms. The standard InChI is InChI=1S/C20H30N4O3/c1-23-9-11-24(12-10-23)16-6-4-15(5-7-16)22-20(26)18-14-17(18)19(25)21-8-3-13-27-2/h4-7,17-18H,3,8-14H2,1-2H3,(H,21,25)(H,22,26). The van der Waals surface area contributed by atoms with Crippen molar-refractivity contribution in [3.05, 3.63) is 24.3 Å². The number of nitrogens with one attached hydrogen (secondary N) is 2. The fourth-order valence-corrected chi connectivity index (χ4v) is 3.39. The first-order valence-corrected chi connectivity index (χ1v) is 9.69. The van der Waals surface area contributed by atoms with Crippen molar-refractivity contribution in [1.29, 1.82) is 0 Å². The average Bonchev–Trinajstić information content (AvgIpc) is 3.48. The molecule has 27 heavy (non-hydrogen) atoms. The first-order chi connectivity index (χ1) is 13.1. The van der Waals surface area contributed by atoms with Gasteiger partial charge in [0.25, 0.3) is 0 Å². The molecular formula is C20H30N4O3. The Morgan fingerprint density at radius 1 is 1.07 bits per heavy atom. The van der Waals surface area contributed by atoms with E-state index in [9.17, 15) is 9.59 Å². The number of likely N-dealkylation sites (N-methyl/N-ethyl adjacent to an activating group) is 1. The molecule has 1 heterocycles. The van der Waals surface area contributed by atoms with Crippen molar-refractivity contribution in [3.8, 4) is 0 Å². The molecule has 2 amide bonds. The molecule has 7 heteroatoms. The molecule has 2 unspecified atom stereocenters. The van der Waals surface area contributed by atoms with Gasteiger partial charge < -0.3 is 25.2 Å². The molecule has 1 aromatic carbocycles. The number of piperazine rings is 1. The van der Waals surface area contributed by atoms with Gasteiger partial charge >= 0.3 is 0 Å². The summed E-state index contributed by atoms with van der Waals surface area (Å²) in [4.78, 5) is 29.1. The van der Waals surface area contributed by atoms with E-state index in [2.05, 4.69) is 27.5 Å². The molecule has 1 aliphatic heterocycles. The van der Waals surface area contributed by atoms with Crippen LogP contribution in [0.2, 0.25) is 0 Å². The van der Waals surface area contributed by atoms with Crippen molar-refractivity contribution < 1.29 is 14.3 Å². The van der Waals surface area contributed by atoms with Gasteiger partial charge in [0.05, 0.1) is 11.8 Å². The van der Waals surface area contributed by atoms with Crippen LogP contribution in [0.15, 0.2) is 24.3 Å². The normalized spacial score (nSPS) is 22.4. The van der Waals surface area contributed by atoms with Crippen LogP contribution in [0.1, 0.15) is 12.8 Å². The van der Waals surface area contributed by atoms with Crippen LogP contribution in [-0.4, -0.2) is 70.2 Å². The second kappa shape index (κ2) is 9.19. The molecular weight excluding hydrogens is 344 g/mol. The van der Waals surface area contributed by atoms with Crippen molar-refractivity contribution in [1.82, 2.24) is 10.2 Å². The summed E-state index contributed by atoms with van der Waals surface area (Å²) in [5.41, 5.74) is 1.96. The van der Waals surface area contributed by atoms with Gasteiger partial charge in [-0.15, -0.1) is 0 Å². The van der Waals surface area contributed by atoms with Gasteiger partial charge in [0.15, 0.2) is 0 Å². The van der Waals surface area contributed by atoms with E-state index in [1.165, 1.54) is 5.69 Å². The summed E-state index contributed by atoms with van der Waals surface area (Å²) in [5, 5.41) is 5.80. The first kappa shape index (κ1) is 19.6. The van der Waals surface area contributed by atoms with Crippen molar-refractivity contribution in [2.24, 2.45) is 11.8 Å². The summed E-state index contributed by atoms with van der Waals surface area (Å²) in [6.45, 7) is 5.38. The fraction of sp³-hybridized carbons (Fsp3) is 0.600. The monoisotopic (exact) mass is 374 g/mol. The summed E-state index contributed by atoms with van der Waals surface area (Å²) in [5.74, 6) is -0.516. The van der Waals surface area contributed by atoms with Gasteiger partial charge in [0, 0.05) is 57.8 Å². The van der Waals surface area contributed by atoms with Crippen LogP contribution in [0.4, 0.5) is 11.4 Å². The highest BCUT2D eigenvalue weighted by atomic mass is 16.5. The lowest BCUT2D eigenvalue weighted by molar-refractivity contribution is -0.125. The van der Waals surface area contributed by atoms with Crippen molar-refractivity contribution >= 4 is 23.2 Å². The number of hydrogen-bond donors (Lipinski definition) is 2. The Hall–Kier alpha value is -2.12. The molecule has 2 N–H and O–H groups in total. The summed E-state index contributed by atoms with van der Waals surface area (Å²) in [6.07, 6.45) is 1.41. The number of amides is 2. The molecule has 1 saturated heterocycles. The number of carbonyl (C=O) groups excluding carboxylic acids is 2. The highest BCUT2D eigenvalue weighted by Crippen LogP contribution is 2.39. The molecule has 3 rings (SSSR count). The third-order valence-corrected chi connectivity index (χ3v) is 5.29. The number of hydrogen-bond acceptors (Lipinski definition) is 5. The second-order valence-electron chi connectivity index (χ2n) is 7.41. The zero-order chi connectivity index (χ0) is 19.2. The van der Waals surface area contributed by atoms with Crippen LogP contribution in [0.5, 0.6) is 0 Å². The van der Waals surface area contributed by atoms with Crippen LogP contribution in [-0.2, 0) is 14.3 Å². The van der Waals surface area contributed by atoms with Crippen molar-refractivity contribution in [3.63, 3.8) is 0 Å². The number of nitrogens with zero attached hydrogens (tertiary/aromatic N) is 2. The maximum atomic E-state index is 12.4. The van der Waals surface area contributed by atoms with Gasteiger partial charge in [-0.25, -0.2) is 0 Å². The summed E-state index contributed by atoms with van der Waals surface area (Å²) < 4.78 is 4.96. The highest BCUT2D eigenvalue weighted by Gasteiger charge is 2.47. The predicted octanol–water partition coefficient (Wildman–Crippen LogP) is 1.17. The molecule has 1 aliphatic carbocycles. The third kappa shape index (κ3) is 5.43. The van der Waals surface area contributed by atoms with Gasteiger partial charge in [-0.3, -0.25) is 9.59 Å². The van der Waals surface area contributed by atoms with Gasteiger partial charge in [-0.05, 0) is 44.2 Å². The number of methoxy groups -OCH3 is 1. The zero-order valence-corrected chi connectivity index (χ0v) is 16.2. The highest BCUT2D eigenvalue weighted by molar-refractivity contribution is 5.99. The van der Waals surface area contributed by atoms with Crippen LogP contribution in [0, 0.1) is 11.8 Å². The maximum absolute atomic E-state index is 12.4. The van der Waals surface area contributed by atoms with E-state index < -0.39 is 0 Å². The summed E-state index contributed by atoms with van der Waals surface area (Å²) in [7, 11) is 3.78. The Balaban J connectivity index is 1.43. The molecule has 148 valence electrons. The summed E-state index contributed by atoms with van der Waals surface area (Å²) in [6, 6.07) is 7.98. The lowest BCUT2D eigenvalue weighted by atomic mass is 10.2. The predicted molar refractivity (Wildman–Crippen MR) is 106 cm³/mol. The topological polar surface area (TPSA) is 73.9 Å². The number of ether oxygens (including phenoxy) is 1. The van der Waals surface area contributed by atoms with Crippen molar-refractivity contribution in [2.75, 3.05) is 63.7 Å². The van der Waals surface area contributed by atoms with Crippen LogP contribution in [0.25, 0.3) is 0 Å². The van der Waals surface area contributed by atoms with Crippen molar-refractivity contribution in [2.45, 2.75) is 12.8 Å². The molecule has 1 saturated carbocycles. The molecule has 2 atom stereocenters. The van der Waals surface area contributed by atoms with Gasteiger partial charge in [0.2, 0.25) is 11.8 Å². The molecule has 0 aromatic heterocycles. The van der Waals surface area contributed by atoms with Crippen LogP contribution in [0.3, 0.4) is 0 Å². The number of benzene rings is 1. The number of anilines is 2. The molecule has 2 fully saturated rings. The number of rotatable bonds is 8. The van der Waals surface area contributed by atoms with E-state index in [1.54, 1.807) is 7.11 Å². The van der Waals surface area contributed by atoms with Gasteiger partial charge in [-0.2, -0.15) is 0 Å². The van der Waals surface area contributed by atoms with Crippen LogP contribution < -0.4 is 15.5 Å². The molecule has 0 radical (unpaired) electrons. The Morgan fingerprint density at radius 2 is 1.74 bits per heavy atom. The lowest BCUT2D eigenvalue weighted by Gasteiger charge is -2.34. The largest absolute Gasteiger partial charge is 0.385 e. The minimum absolute atomic E-state index is 0.0309. The van der Waals surface area contributed by atoms with Gasteiger partial charge in [-0.1, -0.05) is 0 Å². The Morgan fingerprint density at radius 3 is 2.41 bits per heavy atom. The van der Waals surface area contributed by atoms with Crippen LogP contribution >= 0.6 is 0 Å². The zero-order valence-electron chi connectivity index (χ0n) is 16.2. The van der Waals surface area contributed by atoms with E-state index in [1.807, 2.05) is 24.3 Å². The van der Waals surface area contributed by atoms with E-state index >= 15 is 0 Å². The molecule has 1 aromatic rings. The third-order valence-electron chi connectivity index (χ3n) is 5.29. The summed E-state index contributed by atoms with van der Waals surface area (Å²) >= 11 is 0. The Kier molecular flexibility index (Phi) is 6.68. The van der Waals surface area contributed by atoms with Gasteiger partial charge in [0.1, 0.15) is 0 Å². The Labute approximate surface area is 161 Å². The molecule has 7 nitrogen and oxygen atoms in total. The minimum Gasteiger partial charge on any atom is -0.385 e. The smallest absolute Gasteiger partial charge is 0.228 e. The van der Waals surface area contributed by atoms with E-state index in [-0.39, 0.29) is 23.7 Å². The SMILES string of the molecule is COCCCNC(=O)C1CC1C(=O)Nc1ccc(N2CCN(C)CC2)cc1. The molecule has 0 spiro atoms. The first-order valence-electron chi connectivity index (χ1n) is 9.69. The maximum Gasteiger partial charge on any atom is 0.228 e. The van der Waals surface area contributed by atoms with E-state index in [0.29, 0.717) is 19.6 Å². The quantitative estimate of drug-likeness (QED) is 0.668. The Bertz CT molecular complexity index is 641. The average molecular weight is 374 g/mol. The molecule has 2 aliphatic rings. The fourth-order valence-electron chi connectivity index (χ4n) is 3.39.